The molecule has 4 rings (SSSR count). The molecule has 184 valence electrons. The van der Waals surface area contributed by atoms with Crippen LogP contribution in [0.4, 0.5) is 0 Å². The minimum absolute atomic E-state index is 0.000471. The van der Waals surface area contributed by atoms with Crippen molar-refractivity contribution in [2.24, 2.45) is 0 Å². The first-order valence-electron chi connectivity index (χ1n) is 11.5. The van der Waals surface area contributed by atoms with Crippen molar-refractivity contribution in [1.82, 2.24) is 30.2 Å². The highest BCUT2D eigenvalue weighted by Gasteiger charge is 2.27. The van der Waals surface area contributed by atoms with Crippen molar-refractivity contribution in [3.8, 4) is 27.5 Å². The topological polar surface area (TPSA) is 129 Å². The normalized spacial score (nSPS) is 14.0. The zero-order valence-corrected chi connectivity index (χ0v) is 21.1. The van der Waals surface area contributed by atoms with Gasteiger partial charge in [0.1, 0.15) is 16.8 Å². The maximum atomic E-state index is 12.6. The van der Waals surface area contributed by atoms with Gasteiger partial charge in [-0.2, -0.15) is 10.4 Å². The van der Waals surface area contributed by atoms with Gasteiger partial charge in [-0.05, 0) is 45.9 Å². The van der Waals surface area contributed by atoms with E-state index in [-0.39, 0.29) is 31.2 Å². The molecule has 1 atom stereocenters. The Kier molecular flexibility index (Phi) is 7.45. The first kappa shape index (κ1) is 24.8. The molecular weight excluding hydrogens is 466 g/mol. The predicted octanol–water partition coefficient (Wildman–Crippen LogP) is 2.21. The van der Waals surface area contributed by atoms with Gasteiger partial charge in [-0.15, -0.1) is 10.2 Å². The Morgan fingerprint density at radius 1 is 1.34 bits per heavy atom. The van der Waals surface area contributed by atoms with E-state index in [1.54, 1.807) is 16.8 Å². The Bertz CT molecular complexity index is 1260. The molecule has 0 unspecified atom stereocenters. The highest BCUT2D eigenvalue weighted by Crippen LogP contribution is 2.31. The number of nitriles is 1. The zero-order valence-electron chi connectivity index (χ0n) is 20.3. The number of carbonyl (C=O) groups excluding carboxylic acids is 1. The van der Waals surface area contributed by atoms with Gasteiger partial charge in [0.15, 0.2) is 0 Å². The lowest BCUT2D eigenvalue weighted by Gasteiger charge is -2.27. The molecule has 0 aliphatic carbocycles. The van der Waals surface area contributed by atoms with Gasteiger partial charge in [-0.1, -0.05) is 11.3 Å². The predicted molar refractivity (Wildman–Crippen MR) is 131 cm³/mol. The van der Waals surface area contributed by atoms with E-state index in [0.29, 0.717) is 41.0 Å². The number of aromatic nitrogens is 4. The van der Waals surface area contributed by atoms with Crippen LogP contribution >= 0.6 is 11.3 Å². The second-order valence-electron chi connectivity index (χ2n) is 8.83. The van der Waals surface area contributed by atoms with Crippen molar-refractivity contribution in [3.05, 3.63) is 40.7 Å². The van der Waals surface area contributed by atoms with E-state index in [2.05, 4.69) is 21.6 Å². The molecule has 1 aliphatic rings. The first-order chi connectivity index (χ1) is 16.8. The maximum Gasteiger partial charge on any atom is 0.236 e. The summed E-state index contributed by atoms with van der Waals surface area (Å²) in [5, 5.41) is 36.5. The molecule has 1 aromatic carbocycles. The summed E-state index contributed by atoms with van der Waals surface area (Å²) >= 11 is 1.39. The summed E-state index contributed by atoms with van der Waals surface area (Å²) in [6.07, 6.45) is 0.639. The van der Waals surface area contributed by atoms with Crippen LogP contribution in [0.5, 0.6) is 5.75 Å². The van der Waals surface area contributed by atoms with Gasteiger partial charge in [0, 0.05) is 42.4 Å². The van der Waals surface area contributed by atoms with E-state index in [0.717, 1.165) is 22.5 Å². The van der Waals surface area contributed by atoms with E-state index in [4.69, 9.17) is 14.9 Å². The van der Waals surface area contributed by atoms with Gasteiger partial charge in [0.05, 0.1) is 30.5 Å². The molecule has 0 radical (unpaired) electrons. The van der Waals surface area contributed by atoms with Crippen molar-refractivity contribution in [2.45, 2.75) is 52.8 Å². The smallest absolute Gasteiger partial charge is 0.236 e. The Morgan fingerprint density at radius 3 is 2.86 bits per heavy atom. The summed E-state index contributed by atoms with van der Waals surface area (Å²) in [4.78, 5) is 14.4. The fraction of sp³-hybridized carbons (Fsp3) is 0.458. The largest absolute Gasteiger partial charge is 0.490 e. The third-order valence-electron chi connectivity index (χ3n) is 5.82. The van der Waals surface area contributed by atoms with Gasteiger partial charge in [0.25, 0.3) is 0 Å². The van der Waals surface area contributed by atoms with Crippen molar-refractivity contribution in [3.63, 3.8) is 0 Å². The molecule has 0 spiro atoms. The van der Waals surface area contributed by atoms with Crippen LogP contribution in [0.25, 0.3) is 15.7 Å². The standard InChI is InChI=1S/C24H29N7O3S/c1-14(2)34-21-6-5-17(9-18(21)10-25)23-27-28-24(35-23)31-16(4)19-12-30(8-7-20(19)29-31)22(33)11-26-15(3)13-32/h5-6,9,14-15,26,32H,7-8,11-13H2,1-4H3/t15-/m1/s1. The zero-order chi connectivity index (χ0) is 25.1. The number of carbonyl (C=O) groups is 1. The number of fused-ring (bicyclic) bond motifs is 1. The molecule has 1 aliphatic heterocycles. The Morgan fingerprint density at radius 2 is 2.14 bits per heavy atom. The summed E-state index contributed by atoms with van der Waals surface area (Å²) < 4.78 is 7.49. The molecule has 0 bridgehead atoms. The molecule has 11 heteroatoms. The number of benzene rings is 1. The molecule has 3 heterocycles. The second-order valence-corrected chi connectivity index (χ2v) is 9.79. The van der Waals surface area contributed by atoms with E-state index in [1.807, 2.05) is 38.7 Å². The van der Waals surface area contributed by atoms with Crippen molar-refractivity contribution in [1.29, 1.82) is 5.26 Å². The first-order valence-corrected chi connectivity index (χ1v) is 12.4. The van der Waals surface area contributed by atoms with Gasteiger partial charge >= 0.3 is 0 Å². The third-order valence-corrected chi connectivity index (χ3v) is 6.77. The van der Waals surface area contributed by atoms with Crippen LogP contribution in [-0.4, -0.2) is 67.7 Å². The molecule has 0 saturated heterocycles. The lowest BCUT2D eigenvalue weighted by Crippen LogP contribution is -2.43. The number of nitrogens with zero attached hydrogens (tertiary/aromatic N) is 6. The summed E-state index contributed by atoms with van der Waals surface area (Å²) in [7, 11) is 0. The van der Waals surface area contributed by atoms with Crippen LogP contribution in [0.3, 0.4) is 0 Å². The fourth-order valence-electron chi connectivity index (χ4n) is 3.87. The van der Waals surface area contributed by atoms with Crippen LogP contribution in [0, 0.1) is 18.3 Å². The highest BCUT2D eigenvalue weighted by atomic mass is 32.1. The molecule has 35 heavy (non-hydrogen) atoms. The molecular formula is C24H29N7O3S. The van der Waals surface area contributed by atoms with Gasteiger partial charge in [-0.3, -0.25) is 4.79 Å². The van der Waals surface area contributed by atoms with Crippen molar-refractivity contribution in [2.75, 3.05) is 19.7 Å². The van der Waals surface area contributed by atoms with E-state index in [1.165, 1.54) is 11.3 Å². The summed E-state index contributed by atoms with van der Waals surface area (Å²) in [5.74, 6) is 0.547. The number of aliphatic hydroxyl groups is 1. The van der Waals surface area contributed by atoms with Crippen LogP contribution < -0.4 is 10.1 Å². The molecule has 2 aromatic heterocycles. The van der Waals surface area contributed by atoms with Gasteiger partial charge < -0.3 is 20.1 Å². The SMILES string of the molecule is Cc1c2c(nn1-c1nnc(-c3ccc(OC(C)C)c(C#N)c3)s1)CCN(C(=O)CN[C@H](C)CO)C2. The Balaban J connectivity index is 1.53. The number of ether oxygens (including phenoxy) is 1. The Labute approximate surface area is 208 Å². The Hall–Kier alpha value is -3.33. The van der Waals surface area contributed by atoms with E-state index < -0.39 is 0 Å². The highest BCUT2D eigenvalue weighted by molar-refractivity contribution is 7.17. The summed E-state index contributed by atoms with van der Waals surface area (Å²) in [5.41, 5.74) is 4.15. The van der Waals surface area contributed by atoms with E-state index >= 15 is 0 Å². The molecule has 1 amide bonds. The number of rotatable bonds is 8. The number of aliphatic hydroxyl groups excluding tert-OH is 1. The van der Waals surface area contributed by atoms with Crippen molar-refractivity contribution < 1.29 is 14.6 Å². The van der Waals surface area contributed by atoms with Crippen LogP contribution in [0.15, 0.2) is 18.2 Å². The molecule has 10 nitrogen and oxygen atoms in total. The number of hydrogen-bond donors (Lipinski definition) is 2. The molecule has 3 aromatic rings. The molecule has 0 saturated carbocycles. The monoisotopic (exact) mass is 495 g/mol. The average Bonchev–Trinajstić information content (AvgIpc) is 3.46. The summed E-state index contributed by atoms with van der Waals surface area (Å²) in [6.45, 7) is 8.91. The third kappa shape index (κ3) is 5.35. The minimum Gasteiger partial charge on any atom is -0.490 e. The number of nitrogens with one attached hydrogen (secondary N) is 1. The van der Waals surface area contributed by atoms with Gasteiger partial charge in [0.2, 0.25) is 11.0 Å². The van der Waals surface area contributed by atoms with Crippen LogP contribution in [-0.2, 0) is 17.8 Å². The second kappa shape index (κ2) is 10.5. The fourth-order valence-corrected chi connectivity index (χ4v) is 4.72. The average molecular weight is 496 g/mol. The number of amides is 1. The quantitative estimate of drug-likeness (QED) is 0.487. The molecule has 2 N–H and O–H groups in total. The lowest BCUT2D eigenvalue weighted by atomic mass is 10.1. The van der Waals surface area contributed by atoms with Crippen molar-refractivity contribution >= 4 is 17.2 Å². The summed E-state index contributed by atoms with van der Waals surface area (Å²) in [6, 6.07) is 7.48. The van der Waals surface area contributed by atoms with Gasteiger partial charge in [-0.25, -0.2) is 4.68 Å². The minimum atomic E-state index is -0.126. The van der Waals surface area contributed by atoms with Crippen LogP contribution in [0.2, 0.25) is 0 Å². The number of hydrogen-bond acceptors (Lipinski definition) is 9. The maximum absolute atomic E-state index is 12.6. The van der Waals surface area contributed by atoms with Crippen LogP contribution in [0.1, 0.15) is 43.3 Å². The van der Waals surface area contributed by atoms with E-state index in [9.17, 15) is 10.1 Å². The molecule has 0 fully saturated rings. The lowest BCUT2D eigenvalue weighted by molar-refractivity contribution is -0.131.